The Labute approximate surface area is 102 Å². The van der Waals surface area contributed by atoms with E-state index in [-0.39, 0.29) is 12.0 Å². The number of carbonyl (C=O) groups excluding carboxylic acids is 1. The molecule has 0 bridgehead atoms. The van der Waals surface area contributed by atoms with Crippen molar-refractivity contribution in [2.24, 2.45) is 0 Å². The van der Waals surface area contributed by atoms with Crippen LogP contribution in [-0.2, 0) is 9.53 Å². The van der Waals surface area contributed by atoms with Crippen LogP contribution in [0.4, 0.5) is 0 Å². The zero-order valence-corrected chi connectivity index (χ0v) is 10.2. The third kappa shape index (κ3) is 2.78. The van der Waals surface area contributed by atoms with Crippen LogP contribution in [0.1, 0.15) is 19.3 Å². The highest BCUT2D eigenvalue weighted by atomic mass is 16.5. The molecule has 2 N–H and O–H groups in total. The Kier molecular flexibility index (Phi) is 3.31. The number of rotatable bonds is 3. The molecule has 1 aliphatic carbocycles. The molecule has 1 amide bonds. The molecule has 2 atom stereocenters. The third-order valence-corrected chi connectivity index (χ3v) is 3.85. The van der Waals surface area contributed by atoms with Gasteiger partial charge < -0.3 is 15.4 Å². The summed E-state index contributed by atoms with van der Waals surface area (Å²) in [5.74, 6) is 0.0554. The van der Waals surface area contributed by atoms with Gasteiger partial charge in [0, 0.05) is 38.3 Å². The maximum absolute atomic E-state index is 12.0. The average Bonchev–Trinajstić information content (AvgIpc) is 3.12. The van der Waals surface area contributed by atoms with E-state index in [1.165, 1.54) is 12.8 Å². The van der Waals surface area contributed by atoms with Gasteiger partial charge in [0.15, 0.2) is 0 Å². The van der Waals surface area contributed by atoms with Crippen LogP contribution in [-0.4, -0.2) is 61.8 Å². The van der Waals surface area contributed by atoms with Crippen LogP contribution < -0.4 is 10.6 Å². The van der Waals surface area contributed by atoms with Gasteiger partial charge in [-0.2, -0.15) is 0 Å². The number of amides is 1. The van der Waals surface area contributed by atoms with E-state index in [1.54, 1.807) is 0 Å². The maximum Gasteiger partial charge on any atom is 0.250 e. The highest BCUT2D eigenvalue weighted by Crippen LogP contribution is 2.29. The first-order valence-electron chi connectivity index (χ1n) is 6.69. The summed E-state index contributed by atoms with van der Waals surface area (Å²) in [4.78, 5) is 14.5. The third-order valence-electron chi connectivity index (χ3n) is 3.85. The molecule has 3 rings (SSSR count). The highest BCUT2D eigenvalue weighted by molar-refractivity contribution is 5.81. The van der Waals surface area contributed by atoms with Crippen molar-refractivity contribution >= 4 is 5.91 Å². The molecule has 3 aliphatic rings. The van der Waals surface area contributed by atoms with Gasteiger partial charge in [0.1, 0.15) is 6.10 Å². The van der Waals surface area contributed by atoms with E-state index in [9.17, 15) is 4.79 Å². The number of morpholine rings is 1. The Balaban J connectivity index is 1.44. The Hall–Kier alpha value is -0.650. The minimum absolute atomic E-state index is 0.0554. The molecule has 0 radical (unpaired) electrons. The lowest BCUT2D eigenvalue weighted by atomic mass is 10.2. The van der Waals surface area contributed by atoms with Crippen LogP contribution in [0.15, 0.2) is 0 Å². The van der Waals surface area contributed by atoms with Crippen molar-refractivity contribution in [3.8, 4) is 0 Å². The van der Waals surface area contributed by atoms with E-state index >= 15 is 0 Å². The largest absolute Gasteiger partial charge is 0.366 e. The smallest absolute Gasteiger partial charge is 0.250 e. The van der Waals surface area contributed by atoms with Gasteiger partial charge in [-0.3, -0.25) is 9.69 Å². The number of ether oxygens (including phenoxy) is 1. The standard InChI is InChI=1S/C12H21N3O2/c16-12(11-7-13-4-6-17-11)14-9-3-5-15(8-9)10-1-2-10/h9-11,13H,1-8H2,(H,14,16). The number of hydrogen-bond acceptors (Lipinski definition) is 4. The van der Waals surface area contributed by atoms with Crippen LogP contribution >= 0.6 is 0 Å². The Bertz CT molecular complexity index is 287. The lowest BCUT2D eigenvalue weighted by Crippen LogP contribution is -2.50. The summed E-state index contributed by atoms with van der Waals surface area (Å²) in [6.45, 7) is 4.29. The average molecular weight is 239 g/mol. The first kappa shape index (κ1) is 11.4. The quantitative estimate of drug-likeness (QED) is 0.686. The van der Waals surface area contributed by atoms with Crippen LogP contribution in [0.5, 0.6) is 0 Å². The van der Waals surface area contributed by atoms with Crippen molar-refractivity contribution < 1.29 is 9.53 Å². The van der Waals surface area contributed by atoms with E-state index in [4.69, 9.17) is 4.74 Å². The summed E-state index contributed by atoms with van der Waals surface area (Å²) < 4.78 is 5.45. The number of nitrogens with zero attached hydrogens (tertiary/aromatic N) is 1. The van der Waals surface area contributed by atoms with Gasteiger partial charge in [-0.05, 0) is 19.3 Å². The maximum atomic E-state index is 12.0. The summed E-state index contributed by atoms with van der Waals surface area (Å²) in [6.07, 6.45) is 3.48. The SMILES string of the molecule is O=C(NC1CCN(C2CC2)C1)C1CNCCO1. The zero-order chi connectivity index (χ0) is 11.7. The molecule has 2 aliphatic heterocycles. The zero-order valence-electron chi connectivity index (χ0n) is 10.2. The molecule has 3 fully saturated rings. The van der Waals surface area contributed by atoms with Crippen molar-refractivity contribution in [3.63, 3.8) is 0 Å². The number of carbonyl (C=O) groups is 1. The predicted molar refractivity (Wildman–Crippen MR) is 63.8 cm³/mol. The van der Waals surface area contributed by atoms with E-state index in [2.05, 4.69) is 15.5 Å². The van der Waals surface area contributed by atoms with Gasteiger partial charge in [-0.15, -0.1) is 0 Å². The molecule has 0 aromatic rings. The van der Waals surface area contributed by atoms with E-state index < -0.39 is 0 Å². The molecular formula is C12H21N3O2. The molecule has 2 saturated heterocycles. The molecular weight excluding hydrogens is 218 g/mol. The summed E-state index contributed by atoms with van der Waals surface area (Å²) in [6, 6.07) is 1.14. The molecule has 2 heterocycles. The molecule has 17 heavy (non-hydrogen) atoms. The highest BCUT2D eigenvalue weighted by Gasteiger charge is 2.35. The first-order valence-corrected chi connectivity index (χ1v) is 6.69. The number of nitrogens with one attached hydrogen (secondary N) is 2. The van der Waals surface area contributed by atoms with Gasteiger partial charge >= 0.3 is 0 Å². The van der Waals surface area contributed by atoms with E-state index in [0.717, 1.165) is 32.1 Å². The fourth-order valence-corrected chi connectivity index (χ4v) is 2.70. The minimum atomic E-state index is -0.293. The van der Waals surface area contributed by atoms with Crippen molar-refractivity contribution in [2.45, 2.75) is 37.5 Å². The molecule has 2 unspecified atom stereocenters. The summed E-state index contributed by atoms with van der Waals surface area (Å²) >= 11 is 0. The van der Waals surface area contributed by atoms with Gasteiger partial charge in [-0.25, -0.2) is 0 Å². The van der Waals surface area contributed by atoms with Crippen molar-refractivity contribution in [2.75, 3.05) is 32.8 Å². The topological polar surface area (TPSA) is 53.6 Å². The Morgan fingerprint density at radius 2 is 2.24 bits per heavy atom. The molecule has 5 heteroatoms. The normalized spacial score (nSPS) is 34.8. The number of likely N-dealkylation sites (tertiary alicyclic amines) is 1. The second-order valence-corrected chi connectivity index (χ2v) is 5.28. The van der Waals surface area contributed by atoms with Gasteiger partial charge in [0.05, 0.1) is 6.61 Å². The van der Waals surface area contributed by atoms with E-state index in [1.807, 2.05) is 0 Å². The minimum Gasteiger partial charge on any atom is -0.366 e. The molecule has 0 spiro atoms. The molecule has 96 valence electrons. The Morgan fingerprint density at radius 1 is 1.35 bits per heavy atom. The van der Waals surface area contributed by atoms with Crippen LogP contribution in [0.25, 0.3) is 0 Å². The monoisotopic (exact) mass is 239 g/mol. The molecule has 1 saturated carbocycles. The van der Waals surface area contributed by atoms with Crippen LogP contribution in [0, 0.1) is 0 Å². The van der Waals surface area contributed by atoms with Crippen LogP contribution in [0.2, 0.25) is 0 Å². The second kappa shape index (κ2) is 4.92. The second-order valence-electron chi connectivity index (χ2n) is 5.28. The molecule has 5 nitrogen and oxygen atoms in total. The first-order chi connectivity index (χ1) is 8.33. The number of hydrogen-bond donors (Lipinski definition) is 2. The van der Waals surface area contributed by atoms with Crippen molar-refractivity contribution in [1.29, 1.82) is 0 Å². The van der Waals surface area contributed by atoms with Gasteiger partial charge in [0.2, 0.25) is 0 Å². The lowest BCUT2D eigenvalue weighted by molar-refractivity contribution is -0.134. The fourth-order valence-electron chi connectivity index (χ4n) is 2.70. The molecule has 0 aromatic carbocycles. The Morgan fingerprint density at radius 3 is 2.94 bits per heavy atom. The lowest BCUT2D eigenvalue weighted by Gasteiger charge is -2.24. The predicted octanol–water partition coefficient (Wildman–Crippen LogP) is -0.672. The van der Waals surface area contributed by atoms with Crippen LogP contribution in [0.3, 0.4) is 0 Å². The van der Waals surface area contributed by atoms with Crippen molar-refractivity contribution in [1.82, 2.24) is 15.5 Å². The fraction of sp³-hybridized carbons (Fsp3) is 0.917. The molecule has 0 aromatic heterocycles. The summed E-state index contributed by atoms with van der Waals surface area (Å²) in [5.41, 5.74) is 0. The van der Waals surface area contributed by atoms with Crippen molar-refractivity contribution in [3.05, 3.63) is 0 Å². The van der Waals surface area contributed by atoms with Gasteiger partial charge in [0.25, 0.3) is 5.91 Å². The van der Waals surface area contributed by atoms with E-state index in [0.29, 0.717) is 19.2 Å². The van der Waals surface area contributed by atoms with Gasteiger partial charge in [-0.1, -0.05) is 0 Å². The summed E-state index contributed by atoms with van der Waals surface area (Å²) in [7, 11) is 0. The summed E-state index contributed by atoms with van der Waals surface area (Å²) in [5, 5.41) is 6.30.